The van der Waals surface area contributed by atoms with Gasteiger partial charge in [-0.15, -0.1) is 6.58 Å². The first-order valence-corrected chi connectivity index (χ1v) is 9.19. The van der Waals surface area contributed by atoms with Crippen molar-refractivity contribution in [3.8, 4) is 0 Å². The number of nitrogens with zero attached hydrogens (tertiary/aromatic N) is 1. The lowest BCUT2D eigenvalue weighted by molar-refractivity contribution is -0.117. The summed E-state index contributed by atoms with van der Waals surface area (Å²) in [7, 11) is 0. The van der Waals surface area contributed by atoms with Crippen LogP contribution in [-0.2, 0) is 4.79 Å². The molecule has 0 fully saturated rings. The van der Waals surface area contributed by atoms with Crippen LogP contribution in [0, 0.1) is 10.5 Å². The zero-order valence-corrected chi connectivity index (χ0v) is 16.2. The van der Waals surface area contributed by atoms with Crippen LogP contribution in [0.3, 0.4) is 0 Å². The molecule has 3 aromatic rings. The molecule has 1 N–H and O–H groups in total. The third-order valence-corrected chi connectivity index (χ3v) is 5.08. The monoisotopic (exact) mass is 442 g/mol. The fourth-order valence-corrected chi connectivity index (χ4v) is 3.52. The van der Waals surface area contributed by atoms with Crippen LogP contribution in [-0.4, -0.2) is 10.9 Å². The van der Waals surface area contributed by atoms with E-state index >= 15 is 0 Å². The van der Waals surface area contributed by atoms with Crippen molar-refractivity contribution in [3.05, 3.63) is 82.1 Å². The number of carbonyl (C=O) groups is 1. The first-order chi connectivity index (χ1) is 12.1. The molecule has 1 aromatic heterocycles. The van der Waals surface area contributed by atoms with Crippen molar-refractivity contribution in [1.82, 2.24) is 4.98 Å². The Labute approximate surface area is 161 Å². The van der Waals surface area contributed by atoms with E-state index in [0.29, 0.717) is 6.42 Å². The molecule has 4 heteroatoms. The van der Waals surface area contributed by atoms with Gasteiger partial charge < -0.3 is 5.32 Å². The Hall–Kier alpha value is -2.21. The zero-order valence-electron chi connectivity index (χ0n) is 14.0. The van der Waals surface area contributed by atoms with Crippen molar-refractivity contribution in [2.45, 2.75) is 19.3 Å². The van der Waals surface area contributed by atoms with Gasteiger partial charge in [-0.2, -0.15) is 0 Å². The Morgan fingerprint density at radius 3 is 2.88 bits per heavy atom. The Morgan fingerprint density at radius 1 is 1.28 bits per heavy atom. The molecule has 1 unspecified atom stereocenters. The Kier molecular flexibility index (Phi) is 5.48. The molecule has 3 nitrogen and oxygen atoms in total. The molecule has 1 atom stereocenters. The number of fused-ring (bicyclic) bond motifs is 1. The van der Waals surface area contributed by atoms with Gasteiger partial charge in [-0.05, 0) is 59.7 Å². The van der Waals surface area contributed by atoms with Crippen LogP contribution in [0.5, 0.6) is 0 Å². The topological polar surface area (TPSA) is 42.0 Å². The van der Waals surface area contributed by atoms with Crippen molar-refractivity contribution < 1.29 is 4.79 Å². The summed E-state index contributed by atoms with van der Waals surface area (Å²) < 4.78 is 1.11. The van der Waals surface area contributed by atoms with Gasteiger partial charge in [-0.3, -0.25) is 9.78 Å². The maximum Gasteiger partial charge on any atom is 0.232 e. The number of hydrogen-bond donors (Lipinski definition) is 1. The van der Waals surface area contributed by atoms with Crippen molar-refractivity contribution in [3.63, 3.8) is 0 Å². The van der Waals surface area contributed by atoms with Gasteiger partial charge in [0.05, 0.1) is 17.1 Å². The summed E-state index contributed by atoms with van der Waals surface area (Å²) in [5, 5.41) is 4.10. The predicted octanol–water partition coefficient (Wildman–Crippen LogP) is 5.45. The minimum atomic E-state index is -0.268. The van der Waals surface area contributed by atoms with E-state index in [1.807, 2.05) is 49.4 Å². The lowest BCUT2D eigenvalue weighted by Crippen LogP contribution is -2.21. The van der Waals surface area contributed by atoms with Crippen LogP contribution in [0.15, 0.2) is 67.4 Å². The molecule has 0 saturated heterocycles. The highest BCUT2D eigenvalue weighted by Crippen LogP contribution is 2.28. The van der Waals surface area contributed by atoms with Gasteiger partial charge in [0, 0.05) is 15.2 Å². The number of halogens is 1. The quantitative estimate of drug-likeness (QED) is 0.422. The standard InChI is InChI=1S/C21H19IN2O/c1-3-6-16(15-8-4-7-14(2)13-15)21(25)24-19-11-10-18(22)17-9-5-12-23-20(17)19/h3-5,7-13,16H,1,6H2,2H3,(H,24,25). The van der Waals surface area contributed by atoms with E-state index < -0.39 is 0 Å². The minimum absolute atomic E-state index is 0.0429. The molecule has 1 heterocycles. The number of hydrogen-bond acceptors (Lipinski definition) is 2. The number of aryl methyl sites for hydroxylation is 1. The second-order valence-corrected chi connectivity index (χ2v) is 7.14. The zero-order chi connectivity index (χ0) is 17.8. The summed E-state index contributed by atoms with van der Waals surface area (Å²) in [5.41, 5.74) is 3.69. The molecule has 0 saturated carbocycles. The number of amides is 1. The molecule has 3 rings (SSSR count). The van der Waals surface area contributed by atoms with Gasteiger partial charge in [0.2, 0.25) is 5.91 Å². The van der Waals surface area contributed by atoms with Gasteiger partial charge in [-0.1, -0.05) is 42.0 Å². The molecule has 0 aliphatic carbocycles. The van der Waals surface area contributed by atoms with Gasteiger partial charge in [-0.25, -0.2) is 0 Å². The number of allylic oxidation sites excluding steroid dienone is 1. The molecule has 0 bridgehead atoms. The van der Waals surface area contributed by atoms with Gasteiger partial charge in [0.15, 0.2) is 0 Å². The number of carbonyl (C=O) groups excluding carboxylic acids is 1. The number of anilines is 1. The lowest BCUT2D eigenvalue weighted by Gasteiger charge is -2.17. The summed E-state index contributed by atoms with van der Waals surface area (Å²) >= 11 is 2.28. The Morgan fingerprint density at radius 2 is 2.12 bits per heavy atom. The minimum Gasteiger partial charge on any atom is -0.324 e. The number of benzene rings is 2. The largest absolute Gasteiger partial charge is 0.324 e. The normalized spacial score (nSPS) is 11.9. The molecule has 1 amide bonds. The second-order valence-electron chi connectivity index (χ2n) is 5.97. The summed E-state index contributed by atoms with van der Waals surface area (Å²) in [6, 6.07) is 15.9. The van der Waals surface area contributed by atoms with Crippen LogP contribution in [0.4, 0.5) is 5.69 Å². The Balaban J connectivity index is 1.95. The number of pyridine rings is 1. The SMILES string of the molecule is C=CCC(C(=O)Nc1ccc(I)c2cccnc12)c1cccc(C)c1. The highest BCUT2D eigenvalue weighted by atomic mass is 127. The molecular formula is C21H19IN2O. The van der Waals surface area contributed by atoms with E-state index in [4.69, 9.17) is 0 Å². The van der Waals surface area contributed by atoms with E-state index in [1.54, 1.807) is 12.3 Å². The highest BCUT2D eigenvalue weighted by Gasteiger charge is 2.20. The molecular weight excluding hydrogens is 423 g/mol. The summed E-state index contributed by atoms with van der Waals surface area (Å²) in [5.74, 6) is -0.311. The van der Waals surface area contributed by atoms with Crippen molar-refractivity contribution >= 4 is 45.1 Å². The summed E-state index contributed by atoms with van der Waals surface area (Å²) in [4.78, 5) is 17.4. The van der Waals surface area contributed by atoms with Crippen LogP contribution in [0.2, 0.25) is 0 Å². The van der Waals surface area contributed by atoms with Gasteiger partial charge in [0.25, 0.3) is 0 Å². The van der Waals surface area contributed by atoms with Crippen LogP contribution >= 0.6 is 22.6 Å². The lowest BCUT2D eigenvalue weighted by atomic mass is 9.93. The molecule has 2 aromatic carbocycles. The van der Waals surface area contributed by atoms with Gasteiger partial charge in [0.1, 0.15) is 0 Å². The highest BCUT2D eigenvalue weighted by molar-refractivity contribution is 14.1. The number of nitrogens with one attached hydrogen (secondary N) is 1. The first-order valence-electron chi connectivity index (χ1n) is 8.11. The van der Waals surface area contributed by atoms with Gasteiger partial charge >= 0.3 is 0 Å². The molecule has 0 aliphatic rings. The van der Waals surface area contributed by atoms with Crippen molar-refractivity contribution in [2.75, 3.05) is 5.32 Å². The predicted molar refractivity (Wildman–Crippen MR) is 112 cm³/mol. The van der Waals surface area contributed by atoms with Crippen molar-refractivity contribution in [2.24, 2.45) is 0 Å². The third-order valence-electron chi connectivity index (χ3n) is 4.14. The third kappa shape index (κ3) is 3.90. The smallest absolute Gasteiger partial charge is 0.232 e. The average molecular weight is 442 g/mol. The summed E-state index contributed by atoms with van der Waals surface area (Å²) in [6.45, 7) is 5.84. The average Bonchev–Trinajstić information content (AvgIpc) is 2.62. The van der Waals surface area contributed by atoms with E-state index in [9.17, 15) is 4.79 Å². The second kappa shape index (κ2) is 7.78. The van der Waals surface area contributed by atoms with E-state index in [1.165, 1.54) is 0 Å². The maximum atomic E-state index is 13.0. The van der Waals surface area contributed by atoms with Crippen LogP contribution in [0.25, 0.3) is 10.9 Å². The van der Waals surface area contributed by atoms with Crippen LogP contribution < -0.4 is 5.32 Å². The fraction of sp³-hybridized carbons (Fsp3) is 0.143. The number of rotatable bonds is 5. The summed E-state index contributed by atoms with van der Waals surface area (Å²) in [6.07, 6.45) is 4.12. The van der Waals surface area contributed by atoms with E-state index in [-0.39, 0.29) is 11.8 Å². The van der Waals surface area contributed by atoms with Crippen LogP contribution in [0.1, 0.15) is 23.5 Å². The Bertz CT molecular complexity index is 936. The fourth-order valence-electron chi connectivity index (χ4n) is 2.91. The van der Waals surface area contributed by atoms with E-state index in [2.05, 4.69) is 45.5 Å². The molecule has 25 heavy (non-hydrogen) atoms. The first kappa shape index (κ1) is 17.6. The molecule has 0 spiro atoms. The van der Waals surface area contributed by atoms with E-state index in [0.717, 1.165) is 31.3 Å². The molecule has 126 valence electrons. The molecule has 0 aliphatic heterocycles. The number of aromatic nitrogens is 1. The maximum absolute atomic E-state index is 13.0. The van der Waals surface area contributed by atoms with Crippen molar-refractivity contribution in [1.29, 1.82) is 0 Å². The molecule has 0 radical (unpaired) electrons.